The molecule has 0 fully saturated rings. The molecule has 0 aliphatic carbocycles. The van der Waals surface area contributed by atoms with Gasteiger partial charge in [-0.05, 0) is 13.0 Å². The summed E-state index contributed by atoms with van der Waals surface area (Å²) in [7, 11) is 0. The average molecular weight is 148 g/mol. The van der Waals surface area contributed by atoms with Crippen molar-refractivity contribution in [3.05, 3.63) is 11.8 Å². The first-order chi connectivity index (χ1) is 4.54. The molecule has 2 amide bonds. The molecule has 5 nitrogen and oxygen atoms in total. The maximum absolute atomic E-state index is 9.00. The smallest absolute Gasteiger partial charge is 0.309 e. The van der Waals surface area contributed by atoms with Crippen molar-refractivity contribution in [1.29, 1.82) is 0 Å². The summed E-state index contributed by atoms with van der Waals surface area (Å²) in [6, 6.07) is -0.833. The van der Waals surface area contributed by atoms with Crippen LogP contribution >= 0.6 is 0 Å². The molecular formula is C5H12N2O3. The quantitative estimate of drug-likeness (QED) is 0.375. The van der Waals surface area contributed by atoms with Gasteiger partial charge in [0.05, 0.1) is 6.61 Å². The first kappa shape index (κ1) is 11.6. The van der Waals surface area contributed by atoms with Crippen molar-refractivity contribution in [3.8, 4) is 0 Å². The lowest BCUT2D eigenvalue weighted by Crippen LogP contribution is -2.18. The van der Waals surface area contributed by atoms with Gasteiger partial charge in [0.15, 0.2) is 0 Å². The van der Waals surface area contributed by atoms with E-state index in [0.29, 0.717) is 0 Å². The number of hydrogen-bond acceptors (Lipinski definition) is 3. The Morgan fingerprint density at radius 1 is 1.60 bits per heavy atom. The summed E-state index contributed by atoms with van der Waals surface area (Å²) in [6.07, 6.45) is 1.44. The minimum atomic E-state index is -0.833. The minimum absolute atomic E-state index is 0.0231. The van der Waals surface area contributed by atoms with Crippen LogP contribution in [0.15, 0.2) is 11.8 Å². The number of allylic oxidation sites excluding steroid dienone is 1. The Morgan fingerprint density at radius 2 is 1.90 bits per heavy atom. The lowest BCUT2D eigenvalue weighted by molar-refractivity contribution is 0.253. The third kappa shape index (κ3) is 29.4. The highest BCUT2D eigenvalue weighted by molar-refractivity contribution is 5.69. The van der Waals surface area contributed by atoms with E-state index in [4.69, 9.17) is 15.0 Å². The van der Waals surface area contributed by atoms with Gasteiger partial charge in [-0.1, -0.05) is 0 Å². The fraction of sp³-hybridized carbons (Fsp3) is 0.400. The number of nitrogens with two attached hydrogens (primary N) is 2. The number of carbonyl (C=O) groups excluding carboxylic acids is 1. The van der Waals surface area contributed by atoms with Gasteiger partial charge in [-0.25, -0.2) is 4.79 Å². The number of aliphatic hydroxyl groups excluding tert-OH is 2. The van der Waals surface area contributed by atoms with Crippen LogP contribution in [0.1, 0.15) is 6.92 Å². The highest BCUT2D eigenvalue weighted by Crippen LogP contribution is 1.79. The molecule has 0 unspecified atom stereocenters. The first-order valence-corrected chi connectivity index (χ1v) is 2.54. The van der Waals surface area contributed by atoms with Crippen molar-refractivity contribution >= 4 is 6.03 Å². The number of carbonyl (C=O) groups is 1. The molecule has 0 bridgehead atoms. The number of rotatable bonds is 1. The van der Waals surface area contributed by atoms with Crippen LogP contribution in [-0.2, 0) is 0 Å². The van der Waals surface area contributed by atoms with Crippen LogP contribution in [-0.4, -0.2) is 22.9 Å². The average Bonchev–Trinajstić information content (AvgIpc) is 1.85. The molecule has 0 radical (unpaired) electrons. The predicted octanol–water partition coefficient (Wildman–Crippen LogP) is -0.536. The monoisotopic (exact) mass is 148 g/mol. The van der Waals surface area contributed by atoms with Gasteiger partial charge in [-0.15, -0.1) is 0 Å². The van der Waals surface area contributed by atoms with Gasteiger partial charge in [0.1, 0.15) is 5.76 Å². The zero-order chi connectivity index (χ0) is 8.57. The molecule has 0 spiro atoms. The molecule has 0 atom stereocenters. The molecule has 0 aliphatic rings. The van der Waals surface area contributed by atoms with E-state index >= 15 is 0 Å². The molecule has 0 saturated carbocycles. The third-order valence-corrected chi connectivity index (χ3v) is 0.495. The van der Waals surface area contributed by atoms with Crippen molar-refractivity contribution in [2.75, 3.05) is 6.61 Å². The topological polar surface area (TPSA) is 110 Å². The minimum Gasteiger partial charge on any atom is -0.510 e. The molecule has 0 aromatic carbocycles. The molecule has 10 heavy (non-hydrogen) atoms. The lowest BCUT2D eigenvalue weighted by atomic mass is 10.5. The summed E-state index contributed by atoms with van der Waals surface area (Å²) in [6.45, 7) is 1.40. The molecular weight excluding hydrogens is 136 g/mol. The SMILES string of the molecule is C/C=C(\O)CO.NC(N)=O. The van der Waals surface area contributed by atoms with Crippen molar-refractivity contribution in [1.82, 2.24) is 0 Å². The number of urea groups is 1. The molecule has 0 heterocycles. The fourth-order valence-electron chi connectivity index (χ4n) is 0.0913. The summed E-state index contributed by atoms with van der Waals surface area (Å²) in [5.74, 6) is 0.0231. The van der Waals surface area contributed by atoms with Gasteiger partial charge in [0.25, 0.3) is 0 Å². The number of primary amides is 2. The Labute approximate surface area is 58.9 Å². The molecule has 0 rings (SSSR count). The van der Waals surface area contributed by atoms with E-state index in [1.54, 1.807) is 6.92 Å². The number of aliphatic hydroxyl groups is 2. The summed E-state index contributed by atoms with van der Waals surface area (Å²) in [5, 5.41) is 16.3. The zero-order valence-corrected chi connectivity index (χ0v) is 5.74. The fourth-order valence-corrected chi connectivity index (χ4v) is 0.0913. The van der Waals surface area contributed by atoms with E-state index in [9.17, 15) is 0 Å². The van der Waals surface area contributed by atoms with E-state index in [2.05, 4.69) is 11.5 Å². The van der Waals surface area contributed by atoms with E-state index in [0.717, 1.165) is 0 Å². The van der Waals surface area contributed by atoms with Crippen LogP contribution < -0.4 is 11.5 Å². The maximum atomic E-state index is 9.00. The molecule has 0 aromatic heterocycles. The predicted molar refractivity (Wildman–Crippen MR) is 37.2 cm³/mol. The first-order valence-electron chi connectivity index (χ1n) is 2.54. The second-order valence-electron chi connectivity index (χ2n) is 1.34. The Hall–Kier alpha value is -1.23. The van der Waals surface area contributed by atoms with Crippen molar-refractivity contribution in [3.63, 3.8) is 0 Å². The van der Waals surface area contributed by atoms with E-state index < -0.39 is 6.03 Å². The number of amides is 2. The standard InChI is InChI=1S/C4H8O2.CH4N2O/c1-2-4(6)3-5;2-1(3)4/h2,5-6H,3H2,1H3;(H4,2,3,4)/b4-2-;. The molecule has 0 aromatic rings. The highest BCUT2D eigenvalue weighted by atomic mass is 16.3. The van der Waals surface area contributed by atoms with Crippen molar-refractivity contribution in [2.45, 2.75) is 6.92 Å². The largest absolute Gasteiger partial charge is 0.510 e. The van der Waals surface area contributed by atoms with Gasteiger partial charge in [0.2, 0.25) is 0 Å². The van der Waals surface area contributed by atoms with E-state index in [-0.39, 0.29) is 12.4 Å². The van der Waals surface area contributed by atoms with Gasteiger partial charge in [0, 0.05) is 0 Å². The van der Waals surface area contributed by atoms with Crippen molar-refractivity contribution < 1.29 is 15.0 Å². The number of hydrogen-bond donors (Lipinski definition) is 4. The lowest BCUT2D eigenvalue weighted by Gasteiger charge is -1.84. The molecule has 60 valence electrons. The highest BCUT2D eigenvalue weighted by Gasteiger charge is 1.77. The Bertz CT molecular complexity index is 118. The Morgan fingerprint density at radius 3 is 1.90 bits per heavy atom. The summed E-state index contributed by atoms with van der Waals surface area (Å²) in [4.78, 5) is 9.00. The summed E-state index contributed by atoms with van der Waals surface area (Å²) >= 11 is 0. The molecule has 0 aliphatic heterocycles. The maximum Gasteiger partial charge on any atom is 0.309 e. The third-order valence-electron chi connectivity index (χ3n) is 0.495. The van der Waals surface area contributed by atoms with Crippen molar-refractivity contribution in [2.24, 2.45) is 11.5 Å². The zero-order valence-electron chi connectivity index (χ0n) is 5.74. The van der Waals surface area contributed by atoms with E-state index in [1.165, 1.54) is 6.08 Å². The van der Waals surface area contributed by atoms with Crippen LogP contribution in [0.2, 0.25) is 0 Å². The molecule has 6 N–H and O–H groups in total. The van der Waals surface area contributed by atoms with Gasteiger partial charge in [-0.2, -0.15) is 0 Å². The Kier molecular flexibility index (Phi) is 8.98. The van der Waals surface area contributed by atoms with Crippen LogP contribution in [0.25, 0.3) is 0 Å². The van der Waals surface area contributed by atoms with Crippen LogP contribution in [0.3, 0.4) is 0 Å². The molecule has 5 heteroatoms. The summed E-state index contributed by atoms with van der Waals surface area (Å²) in [5.41, 5.74) is 8.50. The second kappa shape index (κ2) is 7.77. The van der Waals surface area contributed by atoms with Gasteiger partial charge >= 0.3 is 6.03 Å². The van der Waals surface area contributed by atoms with Gasteiger partial charge in [-0.3, -0.25) is 0 Å². The summed E-state index contributed by atoms with van der Waals surface area (Å²) < 4.78 is 0. The molecule has 0 saturated heterocycles. The van der Waals surface area contributed by atoms with Crippen LogP contribution in [0.5, 0.6) is 0 Å². The normalized spacial score (nSPS) is 9.60. The van der Waals surface area contributed by atoms with Crippen LogP contribution in [0.4, 0.5) is 4.79 Å². The van der Waals surface area contributed by atoms with E-state index in [1.807, 2.05) is 0 Å². The second-order valence-corrected chi connectivity index (χ2v) is 1.34. The van der Waals surface area contributed by atoms with Gasteiger partial charge < -0.3 is 21.7 Å². The Balaban J connectivity index is 0. The van der Waals surface area contributed by atoms with Crippen LogP contribution in [0, 0.1) is 0 Å².